The maximum atomic E-state index is 6.10. The molecule has 0 N–H and O–H groups in total. The second kappa shape index (κ2) is 14.1. The SMILES string of the molecule is CC(C)(C)OC(C)(C)CCC(C)(C)OC(C)(C)C.CC(C)(C)OOC(C)(C)CCC(C)(C)OOC(C)(C)C. The molecule has 0 aliphatic rings. The number of rotatable bonds is 12. The van der Waals surface area contributed by atoms with Gasteiger partial charge in [0.05, 0.1) is 44.8 Å². The van der Waals surface area contributed by atoms with Gasteiger partial charge in [0.2, 0.25) is 0 Å². The van der Waals surface area contributed by atoms with Gasteiger partial charge < -0.3 is 9.47 Å². The minimum absolute atomic E-state index is 0.0987. The molecule has 0 unspecified atom stereocenters. The standard InChI is InChI=1S/C16H34O4.C16H34O2/c1-13(2,3)17-19-15(7,8)11-12-16(9,10)20-18-14(4,5)6;1-13(2,3)17-15(7,8)11-12-16(9,10)18-14(4,5)6/h11-12H2,1-10H3;11-12H2,1-10H3. The second-order valence-corrected chi connectivity index (χ2v) is 17.0. The van der Waals surface area contributed by atoms with Gasteiger partial charge in [-0.1, -0.05) is 0 Å². The van der Waals surface area contributed by atoms with Crippen molar-refractivity contribution in [3.05, 3.63) is 0 Å². The highest BCUT2D eigenvalue weighted by atomic mass is 17.2. The van der Waals surface area contributed by atoms with Crippen LogP contribution < -0.4 is 0 Å². The molecule has 0 rings (SSSR count). The zero-order valence-electron chi connectivity index (χ0n) is 29.3. The van der Waals surface area contributed by atoms with Gasteiger partial charge in [-0.05, 0) is 164 Å². The van der Waals surface area contributed by atoms with Crippen molar-refractivity contribution in [2.24, 2.45) is 0 Å². The Balaban J connectivity index is 0. The van der Waals surface area contributed by atoms with E-state index in [1.54, 1.807) is 0 Å². The normalized spacial score (nSPS) is 14.8. The Morgan fingerprint density at radius 1 is 0.263 bits per heavy atom. The van der Waals surface area contributed by atoms with Crippen LogP contribution in [0.2, 0.25) is 0 Å². The van der Waals surface area contributed by atoms with Gasteiger partial charge in [-0.3, -0.25) is 0 Å². The van der Waals surface area contributed by atoms with E-state index in [0.29, 0.717) is 0 Å². The number of hydrogen-bond acceptors (Lipinski definition) is 6. The Labute approximate surface area is 238 Å². The fourth-order valence-electron chi connectivity index (χ4n) is 3.52. The molecule has 0 radical (unpaired) electrons. The van der Waals surface area contributed by atoms with Crippen molar-refractivity contribution in [3.63, 3.8) is 0 Å². The molecule has 0 fully saturated rings. The zero-order valence-corrected chi connectivity index (χ0v) is 29.3. The maximum absolute atomic E-state index is 6.10. The molecule has 0 saturated heterocycles. The summed E-state index contributed by atoms with van der Waals surface area (Å²) in [5, 5.41) is 0. The van der Waals surface area contributed by atoms with Crippen molar-refractivity contribution in [3.8, 4) is 0 Å². The third-order valence-corrected chi connectivity index (χ3v) is 4.86. The van der Waals surface area contributed by atoms with Crippen LogP contribution in [0.1, 0.15) is 164 Å². The Hall–Kier alpha value is -0.240. The fourth-order valence-corrected chi connectivity index (χ4v) is 3.52. The predicted molar refractivity (Wildman–Crippen MR) is 160 cm³/mol. The van der Waals surface area contributed by atoms with Crippen molar-refractivity contribution in [1.82, 2.24) is 0 Å². The number of hydrogen-bond donors (Lipinski definition) is 0. The summed E-state index contributed by atoms with van der Waals surface area (Å²) < 4.78 is 12.2. The summed E-state index contributed by atoms with van der Waals surface area (Å²) in [5.74, 6) is 0. The molecular formula is C32H68O6. The van der Waals surface area contributed by atoms with Crippen LogP contribution in [0.5, 0.6) is 0 Å². The second-order valence-electron chi connectivity index (χ2n) is 17.0. The quantitative estimate of drug-likeness (QED) is 0.179. The van der Waals surface area contributed by atoms with Gasteiger partial charge in [0.15, 0.2) is 0 Å². The Morgan fingerprint density at radius 3 is 0.658 bits per heavy atom. The van der Waals surface area contributed by atoms with E-state index in [1.165, 1.54) is 0 Å². The van der Waals surface area contributed by atoms with Crippen LogP contribution in [0.25, 0.3) is 0 Å². The summed E-state index contributed by atoms with van der Waals surface area (Å²) in [4.78, 5) is 21.9. The Bertz CT molecular complexity index is 591. The lowest BCUT2D eigenvalue weighted by Crippen LogP contribution is -2.39. The van der Waals surface area contributed by atoms with E-state index in [2.05, 4.69) is 69.2 Å². The number of ether oxygens (including phenoxy) is 2. The van der Waals surface area contributed by atoms with Crippen molar-refractivity contribution < 1.29 is 29.0 Å². The van der Waals surface area contributed by atoms with Crippen LogP contribution in [0.15, 0.2) is 0 Å². The summed E-state index contributed by atoms with van der Waals surface area (Å²) in [7, 11) is 0. The van der Waals surface area contributed by atoms with Crippen molar-refractivity contribution in [1.29, 1.82) is 0 Å². The van der Waals surface area contributed by atoms with Crippen LogP contribution in [-0.4, -0.2) is 44.8 Å². The molecule has 0 bridgehead atoms. The van der Waals surface area contributed by atoms with Crippen molar-refractivity contribution in [2.45, 2.75) is 209 Å². The molecule has 0 aliphatic carbocycles. The summed E-state index contributed by atoms with van der Waals surface area (Å²) in [6.45, 7) is 41.1. The largest absolute Gasteiger partial charge is 0.370 e. The molecule has 0 aromatic carbocycles. The van der Waals surface area contributed by atoms with E-state index < -0.39 is 0 Å². The van der Waals surface area contributed by atoms with Gasteiger partial charge in [-0.25, -0.2) is 19.6 Å². The summed E-state index contributed by atoms with van der Waals surface area (Å²) >= 11 is 0. The Morgan fingerprint density at radius 2 is 0.474 bits per heavy atom. The molecule has 232 valence electrons. The van der Waals surface area contributed by atoms with E-state index in [0.717, 1.165) is 25.7 Å². The molecule has 38 heavy (non-hydrogen) atoms. The fraction of sp³-hybridized carbons (Fsp3) is 1.00. The summed E-state index contributed by atoms with van der Waals surface area (Å²) in [5.41, 5.74) is -1.77. The van der Waals surface area contributed by atoms with Crippen molar-refractivity contribution in [2.75, 3.05) is 0 Å². The van der Waals surface area contributed by atoms with E-state index in [4.69, 9.17) is 29.0 Å². The third-order valence-electron chi connectivity index (χ3n) is 4.86. The molecular weight excluding hydrogens is 480 g/mol. The lowest BCUT2D eigenvalue weighted by Gasteiger charge is -2.38. The molecule has 0 aromatic rings. The molecule has 0 spiro atoms. The van der Waals surface area contributed by atoms with Crippen LogP contribution in [0.4, 0.5) is 0 Å². The first-order chi connectivity index (χ1) is 16.2. The molecule has 6 heteroatoms. The highest BCUT2D eigenvalue weighted by molar-refractivity contribution is 4.81. The average molecular weight is 549 g/mol. The van der Waals surface area contributed by atoms with E-state index >= 15 is 0 Å². The molecule has 6 nitrogen and oxygen atoms in total. The molecule has 0 aliphatic heterocycles. The summed E-state index contributed by atoms with van der Waals surface area (Å²) in [6, 6.07) is 0. The first kappa shape index (κ1) is 39.9. The van der Waals surface area contributed by atoms with Crippen LogP contribution in [0, 0.1) is 0 Å². The minimum atomic E-state index is -0.365. The van der Waals surface area contributed by atoms with Crippen molar-refractivity contribution >= 4 is 0 Å². The highest BCUT2D eigenvalue weighted by Gasteiger charge is 2.32. The predicted octanol–water partition coefficient (Wildman–Crippen LogP) is 9.77. The lowest BCUT2D eigenvalue weighted by atomic mass is 9.92. The van der Waals surface area contributed by atoms with Gasteiger partial charge in [-0.15, -0.1) is 0 Å². The topological polar surface area (TPSA) is 55.4 Å². The highest BCUT2D eigenvalue weighted by Crippen LogP contribution is 2.31. The first-order valence-corrected chi connectivity index (χ1v) is 14.4. The van der Waals surface area contributed by atoms with E-state index in [-0.39, 0.29) is 44.8 Å². The van der Waals surface area contributed by atoms with Crippen LogP contribution >= 0.6 is 0 Å². The van der Waals surface area contributed by atoms with Crippen LogP contribution in [-0.2, 0) is 29.0 Å². The minimum Gasteiger partial charge on any atom is -0.370 e. The van der Waals surface area contributed by atoms with Gasteiger partial charge in [-0.2, -0.15) is 0 Å². The molecule has 0 atom stereocenters. The molecule has 0 heterocycles. The zero-order chi connectivity index (χ0) is 31.1. The summed E-state index contributed by atoms with van der Waals surface area (Å²) in [6.07, 6.45) is 3.61. The van der Waals surface area contributed by atoms with Gasteiger partial charge in [0.1, 0.15) is 0 Å². The van der Waals surface area contributed by atoms with Gasteiger partial charge in [0, 0.05) is 0 Å². The smallest absolute Gasteiger partial charge is 0.0981 e. The molecule has 0 aromatic heterocycles. The monoisotopic (exact) mass is 549 g/mol. The van der Waals surface area contributed by atoms with Crippen LogP contribution in [0.3, 0.4) is 0 Å². The van der Waals surface area contributed by atoms with Gasteiger partial charge >= 0.3 is 0 Å². The average Bonchev–Trinajstić information content (AvgIpc) is 2.58. The van der Waals surface area contributed by atoms with Gasteiger partial charge in [0.25, 0.3) is 0 Å². The molecule has 0 amide bonds. The van der Waals surface area contributed by atoms with E-state index in [1.807, 2.05) is 69.2 Å². The third kappa shape index (κ3) is 27.3. The lowest BCUT2D eigenvalue weighted by molar-refractivity contribution is -0.410. The first-order valence-electron chi connectivity index (χ1n) is 14.4. The van der Waals surface area contributed by atoms with E-state index in [9.17, 15) is 0 Å². The maximum Gasteiger partial charge on any atom is 0.0981 e. The molecule has 0 saturated carbocycles. The Kier molecular flexibility index (Phi) is 14.8.